The van der Waals surface area contributed by atoms with Crippen LogP contribution in [0.1, 0.15) is 39.5 Å². The maximum Gasteiger partial charge on any atom is 0.272 e. The van der Waals surface area contributed by atoms with Crippen LogP contribution < -0.4 is 20.1 Å². The lowest BCUT2D eigenvalue weighted by Crippen LogP contribution is -2.55. The van der Waals surface area contributed by atoms with E-state index in [2.05, 4.69) is 15.3 Å². The summed E-state index contributed by atoms with van der Waals surface area (Å²) in [6.07, 6.45) is 5.25. The SMILES string of the molecule is CC1(C)Oc2cnc(Nc3ccc(S(N)(=O)=O)cc3F)nc2N(C2CCCC2)C1=O. The Bertz CT molecular complexity index is 1120. The van der Waals surface area contributed by atoms with Gasteiger partial charge in [-0.1, -0.05) is 12.8 Å². The molecule has 0 radical (unpaired) electrons. The van der Waals surface area contributed by atoms with Gasteiger partial charge in [-0.25, -0.2) is 22.9 Å². The molecule has 30 heavy (non-hydrogen) atoms. The van der Waals surface area contributed by atoms with E-state index in [1.165, 1.54) is 18.3 Å². The third-order valence-electron chi connectivity index (χ3n) is 5.27. The Hall–Kier alpha value is -2.79. The molecule has 2 aromatic rings. The zero-order valence-corrected chi connectivity index (χ0v) is 17.4. The number of ether oxygens (including phenoxy) is 1. The number of rotatable bonds is 4. The van der Waals surface area contributed by atoms with Crippen molar-refractivity contribution in [3.63, 3.8) is 0 Å². The van der Waals surface area contributed by atoms with Gasteiger partial charge in [0.25, 0.3) is 5.91 Å². The highest BCUT2D eigenvalue weighted by Crippen LogP contribution is 2.40. The van der Waals surface area contributed by atoms with Gasteiger partial charge in [0.2, 0.25) is 16.0 Å². The first-order valence-electron chi connectivity index (χ1n) is 9.55. The van der Waals surface area contributed by atoms with E-state index < -0.39 is 21.4 Å². The zero-order valence-electron chi connectivity index (χ0n) is 16.6. The lowest BCUT2D eigenvalue weighted by atomic mass is 10.0. The molecule has 160 valence electrons. The number of fused-ring (bicyclic) bond motifs is 1. The van der Waals surface area contributed by atoms with Crippen molar-refractivity contribution >= 4 is 33.4 Å². The molecule has 2 aliphatic rings. The summed E-state index contributed by atoms with van der Waals surface area (Å²) in [4.78, 5) is 22.9. The summed E-state index contributed by atoms with van der Waals surface area (Å²) in [7, 11) is -4.02. The van der Waals surface area contributed by atoms with Crippen LogP contribution in [0.2, 0.25) is 0 Å². The monoisotopic (exact) mass is 435 g/mol. The van der Waals surface area contributed by atoms with Crippen molar-refractivity contribution in [2.45, 2.75) is 56.1 Å². The summed E-state index contributed by atoms with van der Waals surface area (Å²) in [6.45, 7) is 3.41. The highest BCUT2D eigenvalue weighted by Gasteiger charge is 2.45. The van der Waals surface area contributed by atoms with Gasteiger partial charge in [0.05, 0.1) is 16.8 Å². The highest BCUT2D eigenvalue weighted by molar-refractivity contribution is 7.89. The fraction of sp³-hybridized carbons (Fsp3) is 0.421. The van der Waals surface area contributed by atoms with Gasteiger partial charge in [-0.3, -0.25) is 9.69 Å². The van der Waals surface area contributed by atoms with Gasteiger partial charge in [0.1, 0.15) is 5.82 Å². The van der Waals surface area contributed by atoms with Crippen LogP contribution in [-0.2, 0) is 14.8 Å². The molecule has 4 rings (SSSR count). The molecule has 1 aromatic carbocycles. The van der Waals surface area contributed by atoms with Crippen LogP contribution in [0.15, 0.2) is 29.3 Å². The van der Waals surface area contributed by atoms with Crippen LogP contribution >= 0.6 is 0 Å². The molecule has 9 nitrogen and oxygen atoms in total. The Morgan fingerprint density at radius 1 is 1.30 bits per heavy atom. The van der Waals surface area contributed by atoms with Crippen LogP contribution in [-0.4, -0.2) is 35.9 Å². The van der Waals surface area contributed by atoms with Crippen molar-refractivity contribution < 1.29 is 22.3 Å². The van der Waals surface area contributed by atoms with Crippen molar-refractivity contribution in [2.75, 3.05) is 10.2 Å². The summed E-state index contributed by atoms with van der Waals surface area (Å²) < 4.78 is 42.9. The summed E-state index contributed by atoms with van der Waals surface area (Å²) in [5.41, 5.74) is -1.07. The lowest BCUT2D eigenvalue weighted by molar-refractivity contribution is -0.133. The topological polar surface area (TPSA) is 128 Å². The first-order chi connectivity index (χ1) is 14.1. The second-order valence-corrected chi connectivity index (χ2v) is 9.48. The quantitative estimate of drug-likeness (QED) is 0.755. The summed E-state index contributed by atoms with van der Waals surface area (Å²) in [5, 5.41) is 7.74. The van der Waals surface area contributed by atoms with Crippen LogP contribution in [0.4, 0.5) is 21.8 Å². The molecular formula is C19H22FN5O4S. The molecule has 2 heterocycles. The largest absolute Gasteiger partial charge is 0.472 e. The van der Waals surface area contributed by atoms with E-state index in [0.29, 0.717) is 11.6 Å². The minimum atomic E-state index is -4.02. The number of benzene rings is 1. The second kappa shape index (κ2) is 7.17. The van der Waals surface area contributed by atoms with Gasteiger partial charge in [-0.2, -0.15) is 4.98 Å². The standard InChI is InChI=1S/C19H22FN5O4S/c1-19(2)17(26)25(11-5-3-4-6-11)16-15(29-19)10-22-18(24-16)23-14-8-7-12(9-13(14)20)30(21,27)28/h7-11H,3-6H2,1-2H3,(H2,21,27,28)(H,22,23,24). The van der Waals surface area contributed by atoms with Crippen LogP contribution in [0.3, 0.4) is 0 Å². The van der Waals surface area contributed by atoms with Gasteiger partial charge < -0.3 is 10.1 Å². The van der Waals surface area contributed by atoms with Gasteiger partial charge in [-0.05, 0) is 44.9 Å². The number of primary sulfonamides is 1. The zero-order chi connectivity index (χ0) is 21.7. The molecule has 0 saturated heterocycles. The molecule has 1 aliphatic carbocycles. The number of nitrogens with zero attached hydrogens (tertiary/aromatic N) is 3. The molecule has 1 amide bonds. The number of hydrogen-bond donors (Lipinski definition) is 2. The van der Waals surface area contributed by atoms with E-state index >= 15 is 0 Å². The number of anilines is 3. The second-order valence-electron chi connectivity index (χ2n) is 7.92. The number of amides is 1. The number of carbonyl (C=O) groups excluding carboxylic acids is 1. The molecule has 0 spiro atoms. The van der Waals surface area contributed by atoms with E-state index in [0.717, 1.165) is 31.7 Å². The van der Waals surface area contributed by atoms with Gasteiger partial charge >= 0.3 is 0 Å². The molecule has 3 N–H and O–H groups in total. The van der Waals surface area contributed by atoms with Gasteiger partial charge in [0.15, 0.2) is 17.2 Å². The van der Waals surface area contributed by atoms with Crippen molar-refractivity contribution in [1.29, 1.82) is 0 Å². The third-order valence-corrected chi connectivity index (χ3v) is 6.18. The van der Waals surface area contributed by atoms with Crippen molar-refractivity contribution in [1.82, 2.24) is 9.97 Å². The number of hydrogen-bond acceptors (Lipinski definition) is 7. The Morgan fingerprint density at radius 3 is 2.63 bits per heavy atom. The Morgan fingerprint density at radius 2 is 2.00 bits per heavy atom. The smallest absolute Gasteiger partial charge is 0.272 e. The summed E-state index contributed by atoms with van der Waals surface area (Å²) in [5.74, 6) is -0.248. The van der Waals surface area contributed by atoms with E-state index in [-0.39, 0.29) is 28.5 Å². The molecule has 1 fully saturated rings. The molecule has 0 atom stereocenters. The lowest BCUT2D eigenvalue weighted by Gasteiger charge is -2.40. The maximum atomic E-state index is 14.4. The molecule has 1 saturated carbocycles. The number of carbonyl (C=O) groups is 1. The van der Waals surface area contributed by atoms with E-state index in [4.69, 9.17) is 9.88 Å². The van der Waals surface area contributed by atoms with Crippen molar-refractivity contribution in [3.05, 3.63) is 30.2 Å². The average Bonchev–Trinajstić information content (AvgIpc) is 3.18. The average molecular weight is 435 g/mol. The van der Waals surface area contributed by atoms with Gasteiger partial charge in [0, 0.05) is 6.04 Å². The van der Waals surface area contributed by atoms with Crippen LogP contribution in [0.5, 0.6) is 5.75 Å². The summed E-state index contributed by atoms with van der Waals surface area (Å²) in [6, 6.07) is 3.25. The van der Waals surface area contributed by atoms with Crippen LogP contribution in [0, 0.1) is 5.82 Å². The van der Waals surface area contributed by atoms with E-state index in [1.807, 2.05) is 0 Å². The number of aromatic nitrogens is 2. The Kier molecular flexibility index (Phi) is 4.89. The predicted octanol–water partition coefficient (Wildman–Crippen LogP) is 2.45. The molecule has 0 bridgehead atoms. The third kappa shape index (κ3) is 3.70. The predicted molar refractivity (Wildman–Crippen MR) is 108 cm³/mol. The molecule has 1 aliphatic heterocycles. The molecular weight excluding hydrogens is 413 g/mol. The first kappa shape index (κ1) is 20.5. The minimum Gasteiger partial charge on any atom is -0.472 e. The Labute approximate surface area is 173 Å². The van der Waals surface area contributed by atoms with E-state index in [9.17, 15) is 17.6 Å². The summed E-state index contributed by atoms with van der Waals surface area (Å²) >= 11 is 0. The molecule has 0 unspecified atom stereocenters. The normalized spacial score (nSPS) is 18.8. The van der Waals surface area contributed by atoms with Crippen LogP contribution in [0.25, 0.3) is 0 Å². The minimum absolute atomic E-state index is 0.0213. The van der Waals surface area contributed by atoms with Crippen molar-refractivity contribution in [3.8, 4) is 5.75 Å². The van der Waals surface area contributed by atoms with E-state index in [1.54, 1.807) is 18.7 Å². The number of nitrogens with one attached hydrogen (secondary N) is 1. The first-order valence-corrected chi connectivity index (χ1v) is 11.1. The van der Waals surface area contributed by atoms with Gasteiger partial charge in [-0.15, -0.1) is 0 Å². The fourth-order valence-electron chi connectivity index (χ4n) is 3.77. The fourth-order valence-corrected chi connectivity index (χ4v) is 4.29. The number of sulfonamides is 1. The maximum absolute atomic E-state index is 14.4. The molecule has 11 heteroatoms. The highest BCUT2D eigenvalue weighted by atomic mass is 32.2. The molecule has 1 aromatic heterocycles. The van der Waals surface area contributed by atoms with Crippen molar-refractivity contribution in [2.24, 2.45) is 5.14 Å². The number of halogens is 1. The number of nitrogens with two attached hydrogens (primary N) is 1. The Balaban J connectivity index is 1.69.